The van der Waals surface area contributed by atoms with Crippen molar-refractivity contribution in [2.45, 2.75) is 17.9 Å². The van der Waals surface area contributed by atoms with Gasteiger partial charge in [0.15, 0.2) is 4.90 Å². The molecule has 2 N–H and O–H groups in total. The lowest BCUT2D eigenvalue weighted by Gasteiger charge is -2.11. The molecule has 0 unspecified atom stereocenters. The van der Waals surface area contributed by atoms with Crippen molar-refractivity contribution in [3.63, 3.8) is 0 Å². The van der Waals surface area contributed by atoms with Gasteiger partial charge in [-0.15, -0.1) is 0 Å². The zero-order valence-corrected chi connectivity index (χ0v) is 9.76. The van der Waals surface area contributed by atoms with E-state index in [4.69, 9.17) is 5.11 Å². The number of hydrogen-bond donors (Lipinski definition) is 2. The summed E-state index contributed by atoms with van der Waals surface area (Å²) < 4.78 is 63.6. The lowest BCUT2D eigenvalue weighted by Crippen LogP contribution is -2.39. The molecule has 18 heavy (non-hydrogen) atoms. The van der Waals surface area contributed by atoms with Gasteiger partial charge in [0, 0.05) is 12.1 Å². The van der Waals surface area contributed by atoms with Crippen LogP contribution in [0.5, 0.6) is 0 Å². The van der Waals surface area contributed by atoms with Crippen LogP contribution in [0.3, 0.4) is 0 Å². The summed E-state index contributed by atoms with van der Waals surface area (Å²) in [5.41, 5.74) is 0. The molecule has 0 aromatic heterocycles. The third-order valence-corrected chi connectivity index (χ3v) is 3.53. The van der Waals surface area contributed by atoms with Gasteiger partial charge in [0.1, 0.15) is 23.5 Å². The standard InChI is InChI=1S/C9H8F3NO4S/c1-4(9(14)15)13-18(16,17)8-6(11)2-5(10)3-7(8)12/h2-4,13H,1H3,(H,14,15)/t4-/m0/s1. The Bertz CT molecular complexity index is 564. The highest BCUT2D eigenvalue weighted by Gasteiger charge is 2.28. The molecule has 0 fully saturated rings. The van der Waals surface area contributed by atoms with Gasteiger partial charge in [-0.05, 0) is 6.92 Å². The predicted octanol–water partition coefficient (Wildman–Crippen LogP) is 0.855. The van der Waals surface area contributed by atoms with E-state index in [0.717, 1.165) is 6.92 Å². The lowest BCUT2D eigenvalue weighted by molar-refractivity contribution is -0.138. The van der Waals surface area contributed by atoms with Gasteiger partial charge in [-0.25, -0.2) is 21.6 Å². The van der Waals surface area contributed by atoms with Crippen LogP contribution in [0.25, 0.3) is 0 Å². The van der Waals surface area contributed by atoms with E-state index < -0.39 is 44.4 Å². The molecule has 1 rings (SSSR count). The smallest absolute Gasteiger partial charge is 0.321 e. The van der Waals surface area contributed by atoms with Gasteiger partial charge in [0.25, 0.3) is 0 Å². The first-order chi connectivity index (χ1) is 8.15. The van der Waals surface area contributed by atoms with E-state index >= 15 is 0 Å². The number of sulfonamides is 1. The lowest BCUT2D eigenvalue weighted by atomic mass is 10.3. The molecule has 0 aliphatic carbocycles. The molecule has 1 aromatic carbocycles. The van der Waals surface area contributed by atoms with Crippen LogP contribution in [-0.4, -0.2) is 25.5 Å². The number of aliphatic carboxylic acids is 1. The van der Waals surface area contributed by atoms with Crippen LogP contribution in [-0.2, 0) is 14.8 Å². The molecular weight excluding hydrogens is 275 g/mol. The summed E-state index contributed by atoms with van der Waals surface area (Å²) in [7, 11) is -4.73. The van der Waals surface area contributed by atoms with Gasteiger partial charge in [-0.1, -0.05) is 0 Å². The topological polar surface area (TPSA) is 83.5 Å². The third-order valence-electron chi connectivity index (χ3n) is 1.93. The van der Waals surface area contributed by atoms with Crippen LogP contribution in [0.2, 0.25) is 0 Å². The maximum atomic E-state index is 13.2. The van der Waals surface area contributed by atoms with Gasteiger partial charge in [0.2, 0.25) is 10.0 Å². The quantitative estimate of drug-likeness (QED) is 0.858. The number of nitrogens with one attached hydrogen (secondary N) is 1. The molecule has 0 aliphatic rings. The zero-order chi connectivity index (χ0) is 14.1. The van der Waals surface area contributed by atoms with Crippen molar-refractivity contribution in [3.8, 4) is 0 Å². The highest BCUT2D eigenvalue weighted by molar-refractivity contribution is 7.89. The van der Waals surface area contributed by atoms with Gasteiger partial charge >= 0.3 is 5.97 Å². The molecule has 0 aliphatic heterocycles. The number of rotatable bonds is 4. The molecule has 9 heteroatoms. The van der Waals surface area contributed by atoms with Crippen molar-refractivity contribution in [2.24, 2.45) is 0 Å². The highest BCUT2D eigenvalue weighted by atomic mass is 32.2. The fourth-order valence-electron chi connectivity index (χ4n) is 1.13. The molecule has 100 valence electrons. The summed E-state index contributed by atoms with van der Waals surface area (Å²) in [6, 6.07) is -1.22. The minimum Gasteiger partial charge on any atom is -0.480 e. The van der Waals surface area contributed by atoms with Gasteiger partial charge in [-0.2, -0.15) is 4.72 Å². The second kappa shape index (κ2) is 4.94. The molecule has 5 nitrogen and oxygen atoms in total. The summed E-state index contributed by atoms with van der Waals surface area (Å²) in [5.74, 6) is -6.09. The molecule has 1 atom stereocenters. The summed E-state index contributed by atoms with van der Waals surface area (Å²) in [4.78, 5) is 9.04. The van der Waals surface area contributed by atoms with Crippen molar-refractivity contribution in [3.05, 3.63) is 29.6 Å². The molecule has 0 heterocycles. The van der Waals surface area contributed by atoms with Crippen LogP contribution >= 0.6 is 0 Å². The van der Waals surface area contributed by atoms with Crippen molar-refractivity contribution in [1.29, 1.82) is 0 Å². The number of hydrogen-bond acceptors (Lipinski definition) is 3. The zero-order valence-electron chi connectivity index (χ0n) is 8.95. The van der Waals surface area contributed by atoms with Crippen molar-refractivity contribution in [1.82, 2.24) is 4.72 Å². The summed E-state index contributed by atoms with van der Waals surface area (Å²) in [6.07, 6.45) is 0. The maximum absolute atomic E-state index is 13.2. The van der Waals surface area contributed by atoms with Gasteiger partial charge < -0.3 is 5.11 Å². The third kappa shape index (κ3) is 2.99. The summed E-state index contributed by atoms with van der Waals surface area (Å²) >= 11 is 0. The first-order valence-electron chi connectivity index (χ1n) is 4.55. The van der Waals surface area contributed by atoms with E-state index in [9.17, 15) is 26.4 Å². The number of carboxylic acids is 1. The van der Waals surface area contributed by atoms with E-state index in [2.05, 4.69) is 0 Å². The molecule has 0 saturated carbocycles. The Hall–Kier alpha value is -1.61. The highest BCUT2D eigenvalue weighted by Crippen LogP contribution is 2.20. The SMILES string of the molecule is C[C@H](NS(=O)(=O)c1c(F)cc(F)cc1F)C(=O)O. The monoisotopic (exact) mass is 283 g/mol. The number of halogens is 3. The molecule has 0 spiro atoms. The van der Waals surface area contributed by atoms with E-state index in [-0.39, 0.29) is 12.1 Å². The Morgan fingerprint density at radius 1 is 1.28 bits per heavy atom. The predicted molar refractivity (Wildman–Crippen MR) is 53.7 cm³/mol. The first-order valence-corrected chi connectivity index (χ1v) is 6.03. The Morgan fingerprint density at radius 2 is 1.72 bits per heavy atom. The van der Waals surface area contributed by atoms with Crippen LogP contribution < -0.4 is 4.72 Å². The van der Waals surface area contributed by atoms with E-state index in [1.165, 1.54) is 0 Å². The fraction of sp³-hybridized carbons (Fsp3) is 0.222. The van der Waals surface area contributed by atoms with Gasteiger partial charge in [0.05, 0.1) is 0 Å². The molecule has 0 bridgehead atoms. The average molecular weight is 283 g/mol. The number of benzene rings is 1. The van der Waals surface area contributed by atoms with Crippen LogP contribution in [0.4, 0.5) is 13.2 Å². The second-order valence-corrected chi connectivity index (χ2v) is 5.03. The van der Waals surface area contributed by atoms with Gasteiger partial charge in [-0.3, -0.25) is 4.79 Å². The maximum Gasteiger partial charge on any atom is 0.321 e. The summed E-state index contributed by atoms with van der Waals surface area (Å²) in [5, 5.41) is 8.50. The first kappa shape index (κ1) is 14.5. The van der Waals surface area contributed by atoms with Crippen molar-refractivity contribution in [2.75, 3.05) is 0 Å². The molecule has 1 aromatic rings. The van der Waals surface area contributed by atoms with Crippen LogP contribution in [0.1, 0.15) is 6.92 Å². The van der Waals surface area contributed by atoms with E-state index in [1.54, 1.807) is 4.72 Å². The Labute approximate surface area is 100 Å². The molecule has 0 radical (unpaired) electrons. The number of carboxylic acid groups (broad SMARTS) is 1. The van der Waals surface area contributed by atoms with Crippen molar-refractivity contribution >= 4 is 16.0 Å². The largest absolute Gasteiger partial charge is 0.480 e. The number of carbonyl (C=O) groups is 1. The van der Waals surface area contributed by atoms with E-state index in [0.29, 0.717) is 0 Å². The minimum atomic E-state index is -4.73. The molecule has 0 saturated heterocycles. The van der Waals surface area contributed by atoms with Crippen LogP contribution in [0, 0.1) is 17.5 Å². The summed E-state index contributed by atoms with van der Waals surface area (Å²) in [6.45, 7) is 0.971. The minimum absolute atomic E-state index is 0.184. The second-order valence-electron chi connectivity index (χ2n) is 3.38. The van der Waals surface area contributed by atoms with Crippen LogP contribution in [0.15, 0.2) is 17.0 Å². The van der Waals surface area contributed by atoms with Crippen molar-refractivity contribution < 1.29 is 31.5 Å². The van der Waals surface area contributed by atoms with E-state index in [1.807, 2.05) is 0 Å². The molecular formula is C9H8F3NO4S. The Morgan fingerprint density at radius 3 is 2.11 bits per heavy atom. The Balaban J connectivity index is 3.25. The average Bonchev–Trinajstić information content (AvgIpc) is 2.13. The molecule has 0 amide bonds. The Kier molecular flexibility index (Phi) is 3.97. The normalized spacial score (nSPS) is 13.3. The fourth-order valence-corrected chi connectivity index (χ4v) is 2.44.